The van der Waals surface area contributed by atoms with E-state index in [1.54, 1.807) is 11.9 Å². The van der Waals surface area contributed by atoms with E-state index in [0.29, 0.717) is 12.8 Å². The molecule has 0 aromatic heterocycles. The molecule has 0 unspecified atom stereocenters. The Kier molecular flexibility index (Phi) is 5.09. The van der Waals surface area contributed by atoms with Gasteiger partial charge in [0.2, 0.25) is 15.9 Å². The van der Waals surface area contributed by atoms with E-state index in [2.05, 4.69) is 0 Å². The van der Waals surface area contributed by atoms with Crippen molar-refractivity contribution in [2.45, 2.75) is 30.7 Å². The van der Waals surface area contributed by atoms with Crippen molar-refractivity contribution in [2.24, 2.45) is 0 Å². The Morgan fingerprint density at radius 3 is 2.50 bits per heavy atom. The zero-order chi connectivity index (χ0) is 16.5. The molecule has 1 saturated heterocycles. The Hall–Kier alpha value is -1.18. The Morgan fingerprint density at radius 1 is 1.36 bits per heavy atom. The first kappa shape index (κ1) is 17.2. The monoisotopic (exact) mass is 348 g/mol. The van der Waals surface area contributed by atoms with Crippen LogP contribution in [0.1, 0.15) is 19.8 Å². The van der Waals surface area contributed by atoms with Crippen molar-refractivity contribution in [3.8, 4) is 0 Å². The predicted molar refractivity (Wildman–Crippen MR) is 81.6 cm³/mol. The van der Waals surface area contributed by atoms with Crippen LogP contribution in [-0.4, -0.2) is 49.7 Å². The number of benzene rings is 1. The number of rotatable bonds is 3. The van der Waals surface area contributed by atoms with Gasteiger partial charge in [0.15, 0.2) is 0 Å². The summed E-state index contributed by atoms with van der Waals surface area (Å²) in [6.07, 6.45) is 1.09. The molecular weight excluding hydrogens is 331 g/mol. The van der Waals surface area contributed by atoms with Gasteiger partial charge < -0.3 is 4.90 Å². The SMILES string of the molecule is CC(=O)N(C)C1CCN(S(=O)(=O)c2cc(F)ccc2Cl)CC1. The summed E-state index contributed by atoms with van der Waals surface area (Å²) in [5.74, 6) is -0.691. The Labute approximate surface area is 134 Å². The number of hydrogen-bond acceptors (Lipinski definition) is 3. The standard InChI is InChI=1S/C14H18ClFN2O3S/c1-10(19)17(2)12-5-7-18(8-6-12)22(20,21)14-9-11(16)3-4-13(14)15/h3-4,9,12H,5-8H2,1-2H3. The van der Waals surface area contributed by atoms with Crippen LogP contribution >= 0.6 is 11.6 Å². The maximum absolute atomic E-state index is 13.3. The lowest BCUT2D eigenvalue weighted by Gasteiger charge is -2.35. The average Bonchev–Trinajstić information content (AvgIpc) is 2.48. The molecule has 1 aliphatic rings. The first-order valence-electron chi connectivity index (χ1n) is 6.92. The third-order valence-corrected chi connectivity index (χ3v) is 6.36. The van der Waals surface area contributed by atoms with Crippen LogP contribution < -0.4 is 0 Å². The highest BCUT2D eigenvalue weighted by Crippen LogP contribution is 2.28. The summed E-state index contributed by atoms with van der Waals surface area (Å²) in [6, 6.07) is 3.31. The second kappa shape index (κ2) is 6.52. The third-order valence-electron chi connectivity index (χ3n) is 3.98. The number of carbonyl (C=O) groups excluding carboxylic acids is 1. The summed E-state index contributed by atoms with van der Waals surface area (Å²) < 4.78 is 39.7. The second-order valence-corrected chi connectivity index (χ2v) is 7.65. The van der Waals surface area contributed by atoms with Crippen LogP contribution in [0.15, 0.2) is 23.1 Å². The average molecular weight is 349 g/mol. The van der Waals surface area contributed by atoms with E-state index in [4.69, 9.17) is 11.6 Å². The molecule has 1 heterocycles. The lowest BCUT2D eigenvalue weighted by atomic mass is 10.1. The highest BCUT2D eigenvalue weighted by molar-refractivity contribution is 7.89. The summed E-state index contributed by atoms with van der Waals surface area (Å²) in [4.78, 5) is 12.8. The normalized spacial score (nSPS) is 17.5. The number of nitrogens with zero attached hydrogens (tertiary/aromatic N) is 2. The number of piperidine rings is 1. The van der Waals surface area contributed by atoms with Crippen molar-refractivity contribution in [1.82, 2.24) is 9.21 Å². The highest BCUT2D eigenvalue weighted by Gasteiger charge is 2.32. The van der Waals surface area contributed by atoms with Crippen LogP contribution in [-0.2, 0) is 14.8 Å². The van der Waals surface area contributed by atoms with Gasteiger partial charge in [-0.3, -0.25) is 4.79 Å². The van der Waals surface area contributed by atoms with Gasteiger partial charge in [0, 0.05) is 33.1 Å². The van der Waals surface area contributed by atoms with Gasteiger partial charge in [-0.25, -0.2) is 12.8 Å². The topological polar surface area (TPSA) is 57.7 Å². The molecule has 1 aliphatic heterocycles. The van der Waals surface area contributed by atoms with Gasteiger partial charge in [0.1, 0.15) is 10.7 Å². The van der Waals surface area contributed by atoms with Crippen LogP contribution in [0.25, 0.3) is 0 Å². The van der Waals surface area contributed by atoms with Crippen molar-refractivity contribution in [3.63, 3.8) is 0 Å². The summed E-state index contributed by atoms with van der Waals surface area (Å²) >= 11 is 5.90. The quantitative estimate of drug-likeness (QED) is 0.840. The fraction of sp³-hybridized carbons (Fsp3) is 0.500. The molecule has 122 valence electrons. The van der Waals surface area contributed by atoms with Crippen molar-refractivity contribution >= 4 is 27.5 Å². The van der Waals surface area contributed by atoms with Crippen molar-refractivity contribution in [3.05, 3.63) is 29.0 Å². The van der Waals surface area contributed by atoms with Gasteiger partial charge in [-0.2, -0.15) is 4.31 Å². The molecule has 8 heteroatoms. The van der Waals surface area contributed by atoms with Gasteiger partial charge in [-0.15, -0.1) is 0 Å². The van der Waals surface area contributed by atoms with Gasteiger partial charge in [-0.05, 0) is 31.0 Å². The fourth-order valence-corrected chi connectivity index (χ4v) is 4.50. The summed E-state index contributed by atoms with van der Waals surface area (Å²) in [5, 5.41) is 0.00405. The van der Waals surface area contributed by atoms with Gasteiger partial charge in [0.25, 0.3) is 0 Å². The van der Waals surface area contributed by atoms with Crippen LogP contribution in [0.4, 0.5) is 4.39 Å². The van der Waals surface area contributed by atoms with E-state index in [0.717, 1.165) is 12.1 Å². The Bertz CT molecular complexity index is 673. The molecule has 5 nitrogen and oxygen atoms in total. The van der Waals surface area contributed by atoms with E-state index < -0.39 is 15.8 Å². The second-order valence-electron chi connectivity index (χ2n) is 5.34. The van der Waals surface area contributed by atoms with Crippen LogP contribution in [0.5, 0.6) is 0 Å². The number of sulfonamides is 1. The first-order valence-corrected chi connectivity index (χ1v) is 8.74. The summed E-state index contributed by atoms with van der Waals surface area (Å²) in [6.45, 7) is 2.03. The van der Waals surface area contributed by atoms with Crippen molar-refractivity contribution in [2.75, 3.05) is 20.1 Å². The smallest absolute Gasteiger partial charge is 0.244 e. The Balaban J connectivity index is 2.16. The maximum Gasteiger partial charge on any atom is 0.244 e. The van der Waals surface area contributed by atoms with Crippen molar-refractivity contribution < 1.29 is 17.6 Å². The molecule has 1 aromatic carbocycles. The third kappa shape index (κ3) is 3.42. The molecule has 0 radical (unpaired) electrons. The van der Waals surface area contributed by atoms with E-state index in [9.17, 15) is 17.6 Å². The Morgan fingerprint density at radius 2 is 1.95 bits per heavy atom. The molecule has 0 atom stereocenters. The van der Waals surface area contributed by atoms with Crippen LogP contribution in [0, 0.1) is 5.82 Å². The number of carbonyl (C=O) groups is 1. The predicted octanol–water partition coefficient (Wildman–Crippen LogP) is 2.11. The highest BCUT2D eigenvalue weighted by atomic mass is 35.5. The van der Waals surface area contributed by atoms with E-state index in [1.807, 2.05) is 0 Å². The lowest BCUT2D eigenvalue weighted by Crippen LogP contribution is -2.46. The molecule has 22 heavy (non-hydrogen) atoms. The molecule has 0 aliphatic carbocycles. The molecule has 0 saturated carbocycles. The van der Waals surface area contributed by atoms with Crippen LogP contribution in [0.3, 0.4) is 0 Å². The van der Waals surface area contributed by atoms with Crippen molar-refractivity contribution in [1.29, 1.82) is 0 Å². The van der Waals surface area contributed by atoms with E-state index in [1.165, 1.54) is 17.3 Å². The largest absolute Gasteiger partial charge is 0.343 e. The van der Waals surface area contributed by atoms with Gasteiger partial charge in [0.05, 0.1) is 5.02 Å². The lowest BCUT2D eigenvalue weighted by molar-refractivity contribution is -0.130. The zero-order valence-electron chi connectivity index (χ0n) is 12.4. The molecular formula is C14H18ClFN2O3S. The molecule has 1 amide bonds. The maximum atomic E-state index is 13.3. The summed E-state index contributed by atoms with van der Waals surface area (Å²) in [5.41, 5.74) is 0. The van der Waals surface area contributed by atoms with Gasteiger partial charge in [-0.1, -0.05) is 11.6 Å². The molecule has 0 spiro atoms. The van der Waals surface area contributed by atoms with E-state index in [-0.39, 0.29) is 35.0 Å². The molecule has 2 rings (SSSR count). The number of halogens is 2. The molecule has 1 fully saturated rings. The first-order chi connectivity index (χ1) is 10.2. The molecule has 0 N–H and O–H groups in total. The minimum absolute atomic E-state index is 0.00405. The minimum Gasteiger partial charge on any atom is -0.343 e. The van der Waals surface area contributed by atoms with Gasteiger partial charge >= 0.3 is 0 Å². The minimum atomic E-state index is -3.83. The molecule has 1 aromatic rings. The summed E-state index contributed by atoms with van der Waals surface area (Å²) in [7, 11) is -2.12. The van der Waals surface area contributed by atoms with E-state index >= 15 is 0 Å². The van der Waals surface area contributed by atoms with Crippen LogP contribution in [0.2, 0.25) is 5.02 Å². The number of amides is 1. The zero-order valence-corrected chi connectivity index (χ0v) is 14.0. The fourth-order valence-electron chi connectivity index (χ4n) is 2.54. The number of hydrogen-bond donors (Lipinski definition) is 0. The molecule has 0 bridgehead atoms.